The number of aliphatic hydroxyl groups excluding tert-OH is 1. The van der Waals surface area contributed by atoms with Crippen molar-refractivity contribution < 1.29 is 5.11 Å². The minimum Gasteiger partial charge on any atom is -0.396 e. The van der Waals surface area contributed by atoms with E-state index < -0.39 is 0 Å². The predicted octanol–water partition coefficient (Wildman–Crippen LogP) is 3.45. The Kier molecular flexibility index (Phi) is 6.59. The summed E-state index contributed by atoms with van der Waals surface area (Å²) in [6.07, 6.45) is 6.64. The molecule has 1 fully saturated rings. The average molecular weight is 308 g/mol. The second kappa shape index (κ2) is 8.21. The van der Waals surface area contributed by atoms with Gasteiger partial charge in [-0.1, -0.05) is 30.3 Å². The topological polar surface area (TPSA) is 23.5 Å². The van der Waals surface area contributed by atoms with Crippen molar-refractivity contribution in [2.24, 2.45) is 5.41 Å². The number of nitrogens with zero attached hydrogens (tertiary/aromatic N) is 1. The van der Waals surface area contributed by atoms with E-state index in [4.69, 9.17) is 0 Å². The van der Waals surface area contributed by atoms with Crippen molar-refractivity contribution >= 4 is 11.8 Å². The molecule has 0 radical (unpaired) electrons. The van der Waals surface area contributed by atoms with E-state index >= 15 is 0 Å². The predicted molar refractivity (Wildman–Crippen MR) is 92.9 cm³/mol. The molecule has 0 aromatic heterocycles. The smallest absolute Gasteiger partial charge is 0.0488 e. The number of rotatable bonds is 7. The van der Waals surface area contributed by atoms with Crippen molar-refractivity contribution in [1.29, 1.82) is 0 Å². The molecule has 0 aliphatic carbocycles. The van der Waals surface area contributed by atoms with Crippen LogP contribution in [0.2, 0.25) is 0 Å². The van der Waals surface area contributed by atoms with E-state index in [9.17, 15) is 5.11 Å². The second-order valence-electron chi connectivity index (χ2n) is 6.48. The molecule has 0 saturated carbocycles. The monoisotopic (exact) mass is 307 g/mol. The lowest BCUT2D eigenvalue weighted by Crippen LogP contribution is -2.46. The molecule has 1 aliphatic rings. The van der Waals surface area contributed by atoms with E-state index in [0.29, 0.717) is 12.6 Å². The first-order valence-corrected chi connectivity index (χ1v) is 9.46. The van der Waals surface area contributed by atoms with Gasteiger partial charge in [0.05, 0.1) is 0 Å². The molecule has 1 N–H and O–H groups in total. The summed E-state index contributed by atoms with van der Waals surface area (Å²) in [6, 6.07) is 11.3. The molecule has 0 bridgehead atoms. The van der Waals surface area contributed by atoms with Crippen molar-refractivity contribution in [3.05, 3.63) is 35.9 Å². The molecule has 0 unspecified atom stereocenters. The Morgan fingerprint density at radius 2 is 1.90 bits per heavy atom. The van der Waals surface area contributed by atoms with Crippen LogP contribution in [0.25, 0.3) is 0 Å². The third-order valence-corrected chi connectivity index (χ3v) is 5.83. The molecule has 21 heavy (non-hydrogen) atoms. The zero-order valence-electron chi connectivity index (χ0n) is 13.4. The number of hydrogen-bond acceptors (Lipinski definition) is 3. The van der Waals surface area contributed by atoms with E-state index in [0.717, 1.165) is 38.8 Å². The van der Waals surface area contributed by atoms with Gasteiger partial charge in [-0.15, -0.1) is 0 Å². The van der Waals surface area contributed by atoms with E-state index in [-0.39, 0.29) is 5.41 Å². The number of benzene rings is 1. The van der Waals surface area contributed by atoms with Crippen LogP contribution in [0.15, 0.2) is 30.3 Å². The maximum Gasteiger partial charge on any atom is 0.0488 e. The van der Waals surface area contributed by atoms with E-state index in [1.165, 1.54) is 11.3 Å². The van der Waals surface area contributed by atoms with Crippen LogP contribution in [-0.4, -0.2) is 47.8 Å². The highest BCUT2D eigenvalue weighted by atomic mass is 32.2. The number of aryl methyl sites for hydroxylation is 1. The quantitative estimate of drug-likeness (QED) is 0.834. The first-order chi connectivity index (χ1) is 10.2. The average Bonchev–Trinajstić information content (AvgIpc) is 2.54. The number of aliphatic hydroxyl groups is 1. The van der Waals surface area contributed by atoms with Gasteiger partial charge < -0.3 is 5.11 Å². The van der Waals surface area contributed by atoms with Crippen molar-refractivity contribution in [2.45, 2.75) is 38.6 Å². The highest BCUT2D eigenvalue weighted by Crippen LogP contribution is 2.36. The Hall–Kier alpha value is -0.510. The Balaban J connectivity index is 1.86. The zero-order chi connectivity index (χ0) is 15.1. The van der Waals surface area contributed by atoms with Crippen molar-refractivity contribution in [2.75, 3.05) is 31.7 Å². The van der Waals surface area contributed by atoms with Crippen LogP contribution >= 0.6 is 11.8 Å². The fraction of sp³-hybridized carbons (Fsp3) is 0.667. The molecule has 1 heterocycles. The Morgan fingerprint density at radius 3 is 2.48 bits per heavy atom. The molecule has 1 aliphatic heterocycles. The minimum atomic E-state index is 0.144. The molecule has 1 aromatic rings. The van der Waals surface area contributed by atoms with Crippen molar-refractivity contribution in [1.82, 2.24) is 4.90 Å². The summed E-state index contributed by atoms with van der Waals surface area (Å²) in [5.74, 6) is 1.20. The largest absolute Gasteiger partial charge is 0.396 e. The number of likely N-dealkylation sites (tertiary alicyclic amines) is 1. The number of hydrogen-bond donors (Lipinski definition) is 1. The lowest BCUT2D eigenvalue weighted by atomic mass is 9.74. The van der Waals surface area contributed by atoms with Crippen molar-refractivity contribution in [3.63, 3.8) is 0 Å². The van der Waals surface area contributed by atoms with Gasteiger partial charge in [-0.3, -0.25) is 4.90 Å². The molecule has 2 nitrogen and oxygen atoms in total. The van der Waals surface area contributed by atoms with Gasteiger partial charge in [0.25, 0.3) is 0 Å². The molecular formula is C18H29NOS. The van der Waals surface area contributed by atoms with Crippen LogP contribution in [0, 0.1) is 5.41 Å². The summed E-state index contributed by atoms with van der Waals surface area (Å²) in [6.45, 7) is 4.94. The summed E-state index contributed by atoms with van der Waals surface area (Å²) in [4.78, 5) is 2.59. The number of piperidine rings is 1. The SMILES string of the molecule is CSC[C@@H](C)N1CCC(CO)(CCc2ccccc2)CC1. The maximum atomic E-state index is 9.93. The second-order valence-corrected chi connectivity index (χ2v) is 7.39. The first-order valence-electron chi connectivity index (χ1n) is 8.07. The summed E-state index contributed by atoms with van der Waals surface area (Å²) in [5.41, 5.74) is 1.54. The summed E-state index contributed by atoms with van der Waals surface area (Å²) in [7, 11) is 0. The van der Waals surface area contributed by atoms with Gasteiger partial charge in [-0.05, 0) is 62.9 Å². The molecule has 2 rings (SSSR count). The normalized spacial score (nSPS) is 20.3. The van der Waals surface area contributed by atoms with Gasteiger partial charge in [0.2, 0.25) is 0 Å². The highest BCUT2D eigenvalue weighted by Gasteiger charge is 2.34. The van der Waals surface area contributed by atoms with Crippen LogP contribution in [0.5, 0.6) is 0 Å². The molecule has 3 heteroatoms. The van der Waals surface area contributed by atoms with Crippen LogP contribution in [0.3, 0.4) is 0 Å². The van der Waals surface area contributed by atoms with E-state index in [2.05, 4.69) is 48.4 Å². The zero-order valence-corrected chi connectivity index (χ0v) is 14.2. The molecule has 1 aromatic carbocycles. The fourth-order valence-electron chi connectivity index (χ4n) is 3.33. The standard InChI is InChI=1S/C18H29NOS/c1-16(14-21-2)19-12-10-18(15-20,11-13-19)9-8-17-6-4-3-5-7-17/h3-7,16,20H,8-15H2,1-2H3/t16-/m1/s1. The van der Waals surface area contributed by atoms with Gasteiger partial charge in [-0.2, -0.15) is 11.8 Å². The van der Waals surface area contributed by atoms with Gasteiger partial charge >= 0.3 is 0 Å². The lowest BCUT2D eigenvalue weighted by molar-refractivity contribution is 0.0276. The van der Waals surface area contributed by atoms with Gasteiger partial charge in [-0.25, -0.2) is 0 Å². The number of thioether (sulfide) groups is 1. The molecule has 1 saturated heterocycles. The first kappa shape index (κ1) is 16.9. The van der Waals surface area contributed by atoms with Crippen LogP contribution < -0.4 is 0 Å². The summed E-state index contributed by atoms with van der Waals surface area (Å²) >= 11 is 1.93. The molecule has 1 atom stereocenters. The van der Waals surface area contributed by atoms with Crippen LogP contribution in [0.1, 0.15) is 31.7 Å². The lowest BCUT2D eigenvalue weighted by Gasteiger charge is -2.43. The van der Waals surface area contributed by atoms with Gasteiger partial charge in [0.15, 0.2) is 0 Å². The maximum absolute atomic E-state index is 9.93. The van der Waals surface area contributed by atoms with E-state index in [1.807, 2.05) is 11.8 Å². The van der Waals surface area contributed by atoms with Crippen LogP contribution in [-0.2, 0) is 6.42 Å². The molecule has 118 valence electrons. The third kappa shape index (κ3) is 4.73. The Labute approximate surface area is 133 Å². The van der Waals surface area contributed by atoms with Crippen molar-refractivity contribution in [3.8, 4) is 0 Å². The Morgan fingerprint density at radius 1 is 1.24 bits per heavy atom. The van der Waals surface area contributed by atoms with Crippen LogP contribution in [0.4, 0.5) is 0 Å². The molecule has 0 spiro atoms. The van der Waals surface area contributed by atoms with E-state index in [1.54, 1.807) is 0 Å². The highest BCUT2D eigenvalue weighted by molar-refractivity contribution is 7.98. The Bertz CT molecular complexity index is 401. The summed E-state index contributed by atoms with van der Waals surface area (Å²) < 4.78 is 0. The fourth-order valence-corrected chi connectivity index (χ4v) is 4.02. The molecule has 0 amide bonds. The molecular weight excluding hydrogens is 278 g/mol. The van der Waals surface area contributed by atoms with Gasteiger partial charge in [0.1, 0.15) is 0 Å². The minimum absolute atomic E-state index is 0.144. The summed E-state index contributed by atoms with van der Waals surface area (Å²) in [5, 5.41) is 9.93. The third-order valence-electron chi connectivity index (χ3n) is 5.01. The van der Waals surface area contributed by atoms with Gasteiger partial charge in [0, 0.05) is 18.4 Å².